The van der Waals surface area contributed by atoms with E-state index in [1.165, 1.54) is 0 Å². The zero-order valence-corrected chi connectivity index (χ0v) is 12.9. The fourth-order valence-electron chi connectivity index (χ4n) is 1.89. The van der Waals surface area contributed by atoms with Crippen LogP contribution in [0.1, 0.15) is 15.9 Å². The first-order valence-corrected chi connectivity index (χ1v) is 7.25. The van der Waals surface area contributed by atoms with Gasteiger partial charge in [0.1, 0.15) is 6.54 Å². The highest BCUT2D eigenvalue weighted by molar-refractivity contribution is 14.1. The molecule has 0 saturated carbocycles. The molecule has 0 aliphatic heterocycles. The van der Waals surface area contributed by atoms with Gasteiger partial charge in [0.15, 0.2) is 0 Å². The summed E-state index contributed by atoms with van der Waals surface area (Å²) < 4.78 is 0.895. The molecule has 4 heteroatoms. The molecule has 3 nitrogen and oxygen atoms in total. The maximum absolute atomic E-state index is 12.5. The lowest BCUT2D eigenvalue weighted by molar-refractivity contribution is 0.0764. The summed E-state index contributed by atoms with van der Waals surface area (Å²) >= 11 is 2.14. The van der Waals surface area contributed by atoms with Crippen LogP contribution in [0, 0.1) is 14.9 Å². The van der Waals surface area contributed by atoms with E-state index < -0.39 is 0 Å². The lowest BCUT2D eigenvalue weighted by atomic mass is 10.1. The average Bonchev–Trinajstić information content (AvgIpc) is 2.48. The van der Waals surface area contributed by atoms with Gasteiger partial charge in [0.2, 0.25) is 0 Å². The molecule has 0 spiro atoms. The van der Waals surface area contributed by atoms with Gasteiger partial charge < -0.3 is 4.90 Å². The number of amides is 1. The number of hydrogen-bond donors (Lipinski definition) is 0. The lowest BCUT2D eigenvalue weighted by Crippen LogP contribution is -2.31. The van der Waals surface area contributed by atoms with E-state index in [-0.39, 0.29) is 12.5 Å². The third-order valence-electron chi connectivity index (χ3n) is 2.87. The second kappa shape index (κ2) is 7.06. The van der Waals surface area contributed by atoms with Gasteiger partial charge in [-0.15, -0.1) is 0 Å². The fourth-order valence-corrected chi connectivity index (χ4v) is 2.51. The van der Waals surface area contributed by atoms with Gasteiger partial charge in [-0.3, -0.25) is 4.79 Å². The normalized spacial score (nSPS) is 9.80. The van der Waals surface area contributed by atoms with E-state index >= 15 is 0 Å². The molecule has 2 rings (SSSR count). The van der Waals surface area contributed by atoms with E-state index in [1.807, 2.05) is 48.5 Å². The van der Waals surface area contributed by atoms with Gasteiger partial charge in [-0.25, -0.2) is 0 Å². The van der Waals surface area contributed by atoms with E-state index in [1.54, 1.807) is 11.0 Å². The van der Waals surface area contributed by atoms with E-state index in [0.29, 0.717) is 12.1 Å². The van der Waals surface area contributed by atoms with Gasteiger partial charge in [0.05, 0.1) is 11.6 Å². The topological polar surface area (TPSA) is 44.1 Å². The van der Waals surface area contributed by atoms with Crippen LogP contribution in [0.3, 0.4) is 0 Å². The molecule has 0 bridgehead atoms. The molecule has 0 aromatic heterocycles. The molecular weight excluding hydrogens is 363 g/mol. The predicted octanol–water partition coefficient (Wildman–Crippen LogP) is 3.46. The number of hydrogen-bond acceptors (Lipinski definition) is 2. The minimum absolute atomic E-state index is 0.0820. The van der Waals surface area contributed by atoms with Gasteiger partial charge in [0.25, 0.3) is 5.91 Å². The Kier molecular flexibility index (Phi) is 5.13. The lowest BCUT2D eigenvalue weighted by Gasteiger charge is -2.20. The molecule has 0 heterocycles. The third kappa shape index (κ3) is 3.58. The van der Waals surface area contributed by atoms with Crippen LogP contribution in [0.4, 0.5) is 0 Å². The van der Waals surface area contributed by atoms with Crippen molar-refractivity contribution in [3.8, 4) is 6.07 Å². The summed E-state index contributed by atoms with van der Waals surface area (Å²) in [5.74, 6) is -0.111. The zero-order valence-electron chi connectivity index (χ0n) is 10.8. The van der Waals surface area contributed by atoms with Gasteiger partial charge in [-0.05, 0) is 40.3 Å². The minimum atomic E-state index is -0.111. The molecular formula is C16H13IN2O. The second-order valence-corrected chi connectivity index (χ2v) is 5.45. The van der Waals surface area contributed by atoms with Crippen LogP contribution in [0.15, 0.2) is 54.6 Å². The summed E-state index contributed by atoms with van der Waals surface area (Å²) in [6.45, 7) is 0.525. The second-order valence-electron chi connectivity index (χ2n) is 4.28. The van der Waals surface area contributed by atoms with Gasteiger partial charge >= 0.3 is 0 Å². The Bertz CT molecular complexity index is 634. The quantitative estimate of drug-likeness (QED) is 0.606. The Morgan fingerprint density at radius 1 is 1.10 bits per heavy atom. The first kappa shape index (κ1) is 14.5. The standard InChI is InChI=1S/C16H13IN2O/c17-15-9-5-4-8-14(15)16(20)19(11-10-18)12-13-6-2-1-3-7-13/h1-9H,11-12H2. The van der Waals surface area contributed by atoms with Crippen molar-refractivity contribution in [3.63, 3.8) is 0 Å². The molecule has 20 heavy (non-hydrogen) atoms. The monoisotopic (exact) mass is 376 g/mol. The predicted molar refractivity (Wildman–Crippen MR) is 86.0 cm³/mol. The average molecular weight is 376 g/mol. The first-order valence-electron chi connectivity index (χ1n) is 6.17. The molecule has 0 aliphatic carbocycles. The maximum Gasteiger partial charge on any atom is 0.256 e. The summed E-state index contributed by atoms with van der Waals surface area (Å²) in [5.41, 5.74) is 1.65. The molecule has 0 saturated heterocycles. The number of benzene rings is 2. The number of carbonyl (C=O) groups is 1. The molecule has 2 aromatic rings. The Morgan fingerprint density at radius 2 is 1.75 bits per heavy atom. The Balaban J connectivity index is 2.23. The van der Waals surface area contributed by atoms with Crippen LogP contribution in [0.5, 0.6) is 0 Å². The minimum Gasteiger partial charge on any atom is -0.321 e. The molecule has 100 valence electrons. The Hall–Kier alpha value is -1.87. The highest BCUT2D eigenvalue weighted by Crippen LogP contribution is 2.15. The van der Waals surface area contributed by atoms with Crippen molar-refractivity contribution in [1.82, 2.24) is 4.90 Å². The highest BCUT2D eigenvalue weighted by atomic mass is 127. The summed E-state index contributed by atoms with van der Waals surface area (Å²) in [6.07, 6.45) is 0. The fraction of sp³-hybridized carbons (Fsp3) is 0.125. The van der Waals surface area contributed by atoms with E-state index in [4.69, 9.17) is 5.26 Å². The smallest absolute Gasteiger partial charge is 0.256 e. The van der Waals surface area contributed by atoms with Crippen molar-refractivity contribution in [2.24, 2.45) is 0 Å². The number of nitriles is 1. The van der Waals surface area contributed by atoms with Crippen LogP contribution in [0.2, 0.25) is 0 Å². The molecule has 0 atom stereocenters. The Morgan fingerprint density at radius 3 is 2.40 bits per heavy atom. The van der Waals surface area contributed by atoms with Crippen molar-refractivity contribution < 1.29 is 4.79 Å². The molecule has 0 N–H and O–H groups in total. The SMILES string of the molecule is N#CCN(Cc1ccccc1)C(=O)c1ccccc1I. The van der Waals surface area contributed by atoms with E-state index in [2.05, 4.69) is 28.7 Å². The van der Waals surface area contributed by atoms with Crippen molar-refractivity contribution in [2.45, 2.75) is 6.54 Å². The highest BCUT2D eigenvalue weighted by Gasteiger charge is 2.17. The van der Waals surface area contributed by atoms with Crippen LogP contribution >= 0.6 is 22.6 Å². The van der Waals surface area contributed by atoms with Gasteiger partial charge in [-0.2, -0.15) is 5.26 Å². The third-order valence-corrected chi connectivity index (χ3v) is 3.81. The van der Waals surface area contributed by atoms with Crippen LogP contribution in [0.25, 0.3) is 0 Å². The molecule has 0 aliphatic rings. The number of halogens is 1. The van der Waals surface area contributed by atoms with E-state index in [0.717, 1.165) is 9.13 Å². The molecule has 0 unspecified atom stereocenters. The van der Waals surface area contributed by atoms with Crippen LogP contribution in [-0.2, 0) is 6.54 Å². The van der Waals surface area contributed by atoms with Crippen LogP contribution < -0.4 is 0 Å². The van der Waals surface area contributed by atoms with Crippen molar-refractivity contribution in [1.29, 1.82) is 5.26 Å². The van der Waals surface area contributed by atoms with E-state index in [9.17, 15) is 4.79 Å². The number of carbonyl (C=O) groups excluding carboxylic acids is 1. The Labute approximate surface area is 132 Å². The van der Waals surface area contributed by atoms with Crippen LogP contribution in [-0.4, -0.2) is 17.4 Å². The zero-order chi connectivity index (χ0) is 14.4. The van der Waals surface area contributed by atoms with Crippen molar-refractivity contribution in [2.75, 3.05) is 6.54 Å². The molecule has 1 amide bonds. The molecule has 0 fully saturated rings. The summed E-state index contributed by atoms with van der Waals surface area (Å²) in [4.78, 5) is 14.1. The van der Waals surface area contributed by atoms with Gasteiger partial charge in [-0.1, -0.05) is 42.5 Å². The summed E-state index contributed by atoms with van der Waals surface area (Å²) in [5, 5.41) is 8.93. The maximum atomic E-state index is 12.5. The largest absolute Gasteiger partial charge is 0.321 e. The number of nitrogens with zero attached hydrogens (tertiary/aromatic N) is 2. The van der Waals surface area contributed by atoms with Gasteiger partial charge in [0, 0.05) is 10.1 Å². The van der Waals surface area contributed by atoms with Crippen molar-refractivity contribution >= 4 is 28.5 Å². The summed E-state index contributed by atoms with van der Waals surface area (Å²) in [6, 6.07) is 19.2. The molecule has 0 radical (unpaired) electrons. The first-order chi connectivity index (χ1) is 9.72. The summed E-state index contributed by atoms with van der Waals surface area (Å²) in [7, 11) is 0. The van der Waals surface area contributed by atoms with Crippen molar-refractivity contribution in [3.05, 3.63) is 69.3 Å². The molecule has 2 aromatic carbocycles. The number of rotatable bonds is 4.